The number of fused-ring (bicyclic) bond motifs is 1. The Morgan fingerprint density at radius 3 is 2.43 bits per heavy atom. The number of rotatable bonds is 9. The number of carbonyl (C=O) groups excluding carboxylic acids is 1. The van der Waals surface area contributed by atoms with Gasteiger partial charge in [0.2, 0.25) is 5.91 Å². The first-order valence-electron chi connectivity index (χ1n) is 9.70. The van der Waals surface area contributed by atoms with E-state index in [1.54, 1.807) is 0 Å². The SMILES string of the molecule is CCOc1ccc(OCCCC(=O)NC(C)c2ccc3c(c2)OCCO3)cc1. The summed E-state index contributed by atoms with van der Waals surface area (Å²) in [7, 11) is 0. The maximum Gasteiger partial charge on any atom is 0.220 e. The predicted molar refractivity (Wildman–Crippen MR) is 106 cm³/mol. The van der Waals surface area contributed by atoms with Crippen LogP contribution in [-0.2, 0) is 4.79 Å². The fourth-order valence-electron chi connectivity index (χ4n) is 2.95. The van der Waals surface area contributed by atoms with E-state index in [9.17, 15) is 4.79 Å². The topological polar surface area (TPSA) is 66.0 Å². The van der Waals surface area contributed by atoms with Crippen molar-refractivity contribution in [2.45, 2.75) is 32.7 Å². The molecule has 6 heteroatoms. The van der Waals surface area contributed by atoms with Gasteiger partial charge in [-0.25, -0.2) is 0 Å². The number of amides is 1. The van der Waals surface area contributed by atoms with E-state index >= 15 is 0 Å². The maximum atomic E-state index is 12.2. The van der Waals surface area contributed by atoms with Gasteiger partial charge in [-0.3, -0.25) is 4.79 Å². The Hall–Kier alpha value is -2.89. The zero-order chi connectivity index (χ0) is 19.8. The molecule has 1 atom stereocenters. The van der Waals surface area contributed by atoms with Crippen LogP contribution >= 0.6 is 0 Å². The summed E-state index contributed by atoms with van der Waals surface area (Å²) >= 11 is 0. The summed E-state index contributed by atoms with van der Waals surface area (Å²) in [5.41, 5.74) is 0.989. The van der Waals surface area contributed by atoms with Gasteiger partial charge in [0.15, 0.2) is 11.5 Å². The van der Waals surface area contributed by atoms with Gasteiger partial charge in [0.05, 0.1) is 19.3 Å². The van der Waals surface area contributed by atoms with Gasteiger partial charge in [-0.05, 0) is 62.2 Å². The molecule has 0 spiro atoms. The van der Waals surface area contributed by atoms with Crippen molar-refractivity contribution in [1.29, 1.82) is 0 Å². The highest BCUT2D eigenvalue weighted by molar-refractivity contribution is 5.76. The van der Waals surface area contributed by atoms with Crippen LogP contribution in [0.2, 0.25) is 0 Å². The highest BCUT2D eigenvalue weighted by Gasteiger charge is 2.15. The fraction of sp³-hybridized carbons (Fsp3) is 0.409. The summed E-state index contributed by atoms with van der Waals surface area (Å²) in [5, 5.41) is 3.02. The van der Waals surface area contributed by atoms with Gasteiger partial charge in [0.1, 0.15) is 24.7 Å². The van der Waals surface area contributed by atoms with Gasteiger partial charge in [-0.1, -0.05) is 6.07 Å². The first kappa shape index (κ1) is 19.9. The molecule has 2 aromatic carbocycles. The van der Waals surface area contributed by atoms with Crippen molar-refractivity contribution in [3.63, 3.8) is 0 Å². The zero-order valence-corrected chi connectivity index (χ0v) is 16.4. The van der Waals surface area contributed by atoms with Crippen molar-refractivity contribution in [1.82, 2.24) is 5.32 Å². The number of ether oxygens (including phenoxy) is 4. The van der Waals surface area contributed by atoms with Crippen molar-refractivity contribution >= 4 is 5.91 Å². The van der Waals surface area contributed by atoms with E-state index in [4.69, 9.17) is 18.9 Å². The van der Waals surface area contributed by atoms with Crippen molar-refractivity contribution in [2.24, 2.45) is 0 Å². The van der Waals surface area contributed by atoms with E-state index in [2.05, 4.69) is 5.32 Å². The number of hydrogen-bond acceptors (Lipinski definition) is 5. The number of nitrogens with one attached hydrogen (secondary N) is 1. The predicted octanol–water partition coefficient (Wildman–Crippen LogP) is 3.89. The highest BCUT2D eigenvalue weighted by atomic mass is 16.6. The van der Waals surface area contributed by atoms with Crippen LogP contribution in [0.3, 0.4) is 0 Å². The largest absolute Gasteiger partial charge is 0.494 e. The van der Waals surface area contributed by atoms with Crippen LogP contribution in [0.5, 0.6) is 23.0 Å². The monoisotopic (exact) mass is 385 g/mol. The normalized spacial score (nSPS) is 13.5. The second-order valence-electron chi connectivity index (χ2n) is 6.55. The lowest BCUT2D eigenvalue weighted by molar-refractivity contribution is -0.121. The molecule has 0 fully saturated rings. The summed E-state index contributed by atoms with van der Waals surface area (Å²) in [6, 6.07) is 13.2. The number of hydrogen-bond donors (Lipinski definition) is 1. The molecule has 1 unspecified atom stereocenters. The van der Waals surface area contributed by atoms with E-state index in [1.807, 2.05) is 56.3 Å². The Balaban J connectivity index is 1.39. The van der Waals surface area contributed by atoms with Crippen LogP contribution in [0.4, 0.5) is 0 Å². The second-order valence-corrected chi connectivity index (χ2v) is 6.55. The minimum absolute atomic E-state index is 0.00215. The standard InChI is InChI=1S/C22H27NO5/c1-3-25-18-7-9-19(10-8-18)26-12-4-5-22(24)23-16(2)17-6-11-20-21(15-17)28-14-13-27-20/h6-11,15-16H,3-5,12-14H2,1-2H3,(H,23,24). The van der Waals surface area contributed by atoms with Gasteiger partial charge in [0.25, 0.3) is 0 Å². The van der Waals surface area contributed by atoms with E-state index in [0.717, 1.165) is 28.6 Å². The summed E-state index contributed by atoms with van der Waals surface area (Å²) in [5.74, 6) is 3.07. The van der Waals surface area contributed by atoms with Gasteiger partial charge >= 0.3 is 0 Å². The molecule has 0 bridgehead atoms. The molecule has 1 heterocycles. The summed E-state index contributed by atoms with van der Waals surface area (Å²) in [4.78, 5) is 12.2. The lowest BCUT2D eigenvalue weighted by atomic mass is 10.1. The third kappa shape index (κ3) is 5.55. The number of benzene rings is 2. The van der Waals surface area contributed by atoms with Crippen LogP contribution in [-0.4, -0.2) is 32.3 Å². The van der Waals surface area contributed by atoms with Crippen LogP contribution in [0.25, 0.3) is 0 Å². The molecular weight excluding hydrogens is 358 g/mol. The number of carbonyl (C=O) groups is 1. The average molecular weight is 385 g/mol. The third-order valence-corrected chi connectivity index (χ3v) is 4.40. The van der Waals surface area contributed by atoms with Crippen molar-refractivity contribution in [3.05, 3.63) is 48.0 Å². The molecule has 0 saturated carbocycles. The summed E-state index contributed by atoms with van der Waals surface area (Å²) < 4.78 is 22.2. The molecule has 1 amide bonds. The molecule has 0 aromatic heterocycles. The minimum Gasteiger partial charge on any atom is -0.494 e. The van der Waals surface area contributed by atoms with E-state index in [0.29, 0.717) is 39.3 Å². The van der Waals surface area contributed by atoms with Crippen LogP contribution in [0, 0.1) is 0 Å². The lowest BCUT2D eigenvalue weighted by Crippen LogP contribution is -2.27. The van der Waals surface area contributed by atoms with Gasteiger partial charge in [-0.2, -0.15) is 0 Å². The first-order chi connectivity index (χ1) is 13.7. The lowest BCUT2D eigenvalue weighted by Gasteiger charge is -2.21. The zero-order valence-electron chi connectivity index (χ0n) is 16.4. The minimum atomic E-state index is -0.102. The molecule has 3 rings (SSSR count). The Labute approximate surface area is 165 Å². The van der Waals surface area contributed by atoms with E-state index in [1.165, 1.54) is 0 Å². The molecule has 0 radical (unpaired) electrons. The van der Waals surface area contributed by atoms with Crippen molar-refractivity contribution in [3.8, 4) is 23.0 Å². The first-order valence-corrected chi connectivity index (χ1v) is 9.70. The van der Waals surface area contributed by atoms with Crippen LogP contribution in [0.15, 0.2) is 42.5 Å². The highest BCUT2D eigenvalue weighted by Crippen LogP contribution is 2.32. The Kier molecular flexibility index (Phi) is 7.00. The molecule has 6 nitrogen and oxygen atoms in total. The molecule has 1 aliphatic heterocycles. The molecule has 150 valence electrons. The van der Waals surface area contributed by atoms with Crippen molar-refractivity contribution < 1.29 is 23.7 Å². The molecule has 0 aliphatic carbocycles. The Bertz CT molecular complexity index is 775. The van der Waals surface area contributed by atoms with Gasteiger partial charge < -0.3 is 24.3 Å². The average Bonchev–Trinajstić information content (AvgIpc) is 2.72. The molecular formula is C22H27NO5. The maximum absolute atomic E-state index is 12.2. The molecule has 1 N–H and O–H groups in total. The smallest absolute Gasteiger partial charge is 0.220 e. The quantitative estimate of drug-likeness (QED) is 0.664. The summed E-state index contributed by atoms with van der Waals surface area (Å²) in [6.07, 6.45) is 1.05. The van der Waals surface area contributed by atoms with E-state index < -0.39 is 0 Å². The molecule has 2 aromatic rings. The Morgan fingerprint density at radius 2 is 1.71 bits per heavy atom. The van der Waals surface area contributed by atoms with Gasteiger partial charge in [0, 0.05) is 6.42 Å². The Morgan fingerprint density at radius 1 is 1.04 bits per heavy atom. The summed E-state index contributed by atoms with van der Waals surface area (Å²) in [6.45, 7) is 6.15. The van der Waals surface area contributed by atoms with Crippen LogP contribution in [0.1, 0.15) is 38.3 Å². The fourth-order valence-corrected chi connectivity index (χ4v) is 2.95. The molecule has 1 aliphatic rings. The van der Waals surface area contributed by atoms with Gasteiger partial charge in [-0.15, -0.1) is 0 Å². The molecule has 0 saturated heterocycles. The van der Waals surface area contributed by atoms with Crippen molar-refractivity contribution in [2.75, 3.05) is 26.4 Å². The third-order valence-electron chi connectivity index (χ3n) is 4.40. The second kappa shape index (κ2) is 9.88. The van der Waals surface area contributed by atoms with Crippen LogP contribution < -0.4 is 24.3 Å². The molecule has 28 heavy (non-hydrogen) atoms. The van der Waals surface area contributed by atoms with E-state index in [-0.39, 0.29) is 11.9 Å².